The normalized spacial score (nSPS) is 18.1. The molecule has 18 heavy (non-hydrogen) atoms. The lowest BCUT2D eigenvalue weighted by Crippen LogP contribution is -2.41. The largest absolute Gasteiger partial charge is 0.453 e. The lowest BCUT2D eigenvalue weighted by molar-refractivity contribution is -0.121. The number of ether oxygens (including phenoxy) is 1. The molecule has 1 fully saturated rings. The number of hydrogen-bond donors (Lipinski definition) is 2. The number of aliphatic hydroxyl groups excluding tert-OH is 1. The van der Waals surface area contributed by atoms with Crippen LogP contribution >= 0.6 is 0 Å². The molecule has 1 heterocycles. The maximum atomic E-state index is 11.5. The van der Waals surface area contributed by atoms with E-state index in [1.807, 2.05) is 4.90 Å². The molecule has 0 radical (unpaired) electrons. The number of hydrogen-bond acceptors (Lipinski definition) is 6. The first-order valence-electron chi connectivity index (χ1n) is 6.09. The first-order valence-corrected chi connectivity index (χ1v) is 6.09. The Hall–Kier alpha value is -1.18. The van der Waals surface area contributed by atoms with Gasteiger partial charge in [0.2, 0.25) is 5.91 Å². The van der Waals surface area contributed by atoms with Crippen LogP contribution < -0.4 is 5.32 Å². The zero-order valence-electron chi connectivity index (χ0n) is 10.7. The third-order valence-electron chi connectivity index (χ3n) is 2.89. The minimum atomic E-state index is -0.725. The second kappa shape index (κ2) is 8.02. The molecular formula is C11H21N3O4. The summed E-state index contributed by atoms with van der Waals surface area (Å²) in [7, 11) is 1.22. The van der Waals surface area contributed by atoms with Gasteiger partial charge in [-0.25, -0.2) is 4.79 Å². The van der Waals surface area contributed by atoms with Gasteiger partial charge in [0.05, 0.1) is 20.3 Å². The number of methoxy groups -OCH3 is 1. The fourth-order valence-electron chi connectivity index (χ4n) is 1.96. The van der Waals surface area contributed by atoms with E-state index in [9.17, 15) is 9.59 Å². The summed E-state index contributed by atoms with van der Waals surface area (Å²) in [6, 6.07) is 0. The third-order valence-corrected chi connectivity index (χ3v) is 2.89. The van der Waals surface area contributed by atoms with E-state index < -0.39 is 6.09 Å². The van der Waals surface area contributed by atoms with E-state index in [-0.39, 0.29) is 19.1 Å². The molecule has 7 heteroatoms. The van der Waals surface area contributed by atoms with Gasteiger partial charge in [0.25, 0.3) is 0 Å². The summed E-state index contributed by atoms with van der Waals surface area (Å²) in [4.78, 5) is 26.5. The lowest BCUT2D eigenvalue weighted by Gasteiger charge is -2.20. The third kappa shape index (κ3) is 5.44. The monoisotopic (exact) mass is 259 g/mol. The van der Waals surface area contributed by atoms with Gasteiger partial charge in [-0.1, -0.05) is 0 Å². The number of amides is 2. The summed E-state index contributed by atoms with van der Waals surface area (Å²) in [6.45, 7) is 4.35. The fraction of sp³-hybridized carbons (Fsp3) is 0.818. The van der Waals surface area contributed by atoms with E-state index >= 15 is 0 Å². The van der Waals surface area contributed by atoms with Gasteiger partial charge >= 0.3 is 6.09 Å². The van der Waals surface area contributed by atoms with Gasteiger partial charge in [-0.15, -0.1) is 0 Å². The number of nitrogens with zero attached hydrogens (tertiary/aromatic N) is 2. The molecule has 1 aliphatic heterocycles. The van der Waals surface area contributed by atoms with Gasteiger partial charge in [-0.3, -0.25) is 19.9 Å². The van der Waals surface area contributed by atoms with Crippen molar-refractivity contribution in [2.24, 2.45) is 0 Å². The quantitative estimate of drug-likeness (QED) is 0.665. The Bertz CT molecular complexity index is 285. The van der Waals surface area contributed by atoms with Crippen molar-refractivity contribution in [3.63, 3.8) is 0 Å². The molecule has 1 rings (SSSR count). The Morgan fingerprint density at radius 3 is 2.56 bits per heavy atom. The van der Waals surface area contributed by atoms with Gasteiger partial charge in [-0.05, 0) is 19.5 Å². The predicted molar refractivity (Wildman–Crippen MR) is 65.1 cm³/mol. The number of imide groups is 1. The van der Waals surface area contributed by atoms with E-state index in [2.05, 4.69) is 15.0 Å². The molecule has 0 bridgehead atoms. The number of nitrogens with one attached hydrogen (secondary N) is 1. The molecule has 0 aromatic heterocycles. The standard InChI is InChI=1S/C11H21N3O4/c1-18-11(17)12-10(16)9-14-4-2-3-13(5-6-14)7-8-15/h15H,2-9H2,1H3,(H,12,16,17). The minimum absolute atomic E-state index is 0.156. The molecule has 7 nitrogen and oxygen atoms in total. The van der Waals surface area contributed by atoms with Crippen molar-refractivity contribution in [1.82, 2.24) is 15.1 Å². The first kappa shape index (κ1) is 14.9. The van der Waals surface area contributed by atoms with Gasteiger partial charge in [-0.2, -0.15) is 0 Å². The van der Waals surface area contributed by atoms with Crippen LogP contribution in [0.25, 0.3) is 0 Å². The van der Waals surface area contributed by atoms with E-state index in [0.29, 0.717) is 6.54 Å². The Morgan fingerprint density at radius 1 is 1.22 bits per heavy atom. The minimum Gasteiger partial charge on any atom is -0.453 e. The molecule has 0 aromatic rings. The molecule has 0 aromatic carbocycles. The highest BCUT2D eigenvalue weighted by atomic mass is 16.5. The molecule has 0 aliphatic carbocycles. The molecule has 0 saturated carbocycles. The number of alkyl carbamates (subject to hydrolysis) is 1. The van der Waals surface area contributed by atoms with E-state index in [0.717, 1.165) is 32.6 Å². The van der Waals surface area contributed by atoms with E-state index in [4.69, 9.17) is 5.11 Å². The summed E-state index contributed by atoms with van der Waals surface area (Å²) in [5.41, 5.74) is 0. The Balaban J connectivity index is 2.30. The van der Waals surface area contributed by atoms with Crippen molar-refractivity contribution in [3.8, 4) is 0 Å². The van der Waals surface area contributed by atoms with Crippen LogP contribution in [0.15, 0.2) is 0 Å². The molecular weight excluding hydrogens is 238 g/mol. The zero-order chi connectivity index (χ0) is 13.4. The maximum Gasteiger partial charge on any atom is 0.413 e. The second-order valence-corrected chi connectivity index (χ2v) is 4.23. The van der Waals surface area contributed by atoms with Gasteiger partial charge in [0.15, 0.2) is 0 Å². The summed E-state index contributed by atoms with van der Waals surface area (Å²) in [6.07, 6.45) is 0.225. The summed E-state index contributed by atoms with van der Waals surface area (Å²) in [5, 5.41) is 11.0. The zero-order valence-corrected chi connectivity index (χ0v) is 10.7. The van der Waals surface area contributed by atoms with Crippen LogP contribution in [0.1, 0.15) is 6.42 Å². The highest BCUT2D eigenvalue weighted by Crippen LogP contribution is 2.02. The summed E-state index contributed by atoms with van der Waals surface area (Å²) >= 11 is 0. The van der Waals surface area contributed by atoms with Crippen molar-refractivity contribution >= 4 is 12.0 Å². The molecule has 1 aliphatic rings. The number of rotatable bonds is 4. The maximum absolute atomic E-state index is 11.5. The molecule has 2 amide bonds. The number of aliphatic hydroxyl groups is 1. The summed E-state index contributed by atoms with van der Waals surface area (Å²) < 4.78 is 4.36. The average molecular weight is 259 g/mol. The average Bonchev–Trinajstić information content (AvgIpc) is 2.55. The topological polar surface area (TPSA) is 82.1 Å². The number of carbonyl (C=O) groups is 2. The fourth-order valence-corrected chi connectivity index (χ4v) is 1.96. The highest BCUT2D eigenvalue weighted by molar-refractivity contribution is 5.92. The van der Waals surface area contributed by atoms with Crippen LogP contribution in [0.4, 0.5) is 4.79 Å². The van der Waals surface area contributed by atoms with Crippen molar-refractivity contribution in [1.29, 1.82) is 0 Å². The first-order chi connectivity index (χ1) is 8.65. The van der Waals surface area contributed by atoms with Gasteiger partial charge in [0.1, 0.15) is 0 Å². The number of carbonyl (C=O) groups excluding carboxylic acids is 2. The Labute approximate surface area is 107 Å². The van der Waals surface area contributed by atoms with Crippen molar-refractivity contribution in [2.75, 3.05) is 53.0 Å². The van der Waals surface area contributed by atoms with Crippen LogP contribution in [0.5, 0.6) is 0 Å². The molecule has 0 atom stereocenters. The van der Waals surface area contributed by atoms with Crippen LogP contribution in [0.3, 0.4) is 0 Å². The molecule has 0 spiro atoms. The SMILES string of the molecule is COC(=O)NC(=O)CN1CCCN(CCO)CC1. The van der Waals surface area contributed by atoms with E-state index in [1.165, 1.54) is 7.11 Å². The van der Waals surface area contributed by atoms with Crippen LogP contribution in [-0.4, -0.2) is 79.9 Å². The lowest BCUT2D eigenvalue weighted by atomic mass is 10.3. The number of β-amino-alcohol motifs (C(OH)–C–C–N with tert-alkyl or cyclic N) is 1. The van der Waals surface area contributed by atoms with Gasteiger partial charge in [0, 0.05) is 19.6 Å². The van der Waals surface area contributed by atoms with Crippen molar-refractivity contribution in [3.05, 3.63) is 0 Å². The molecule has 1 saturated heterocycles. The van der Waals surface area contributed by atoms with Crippen molar-refractivity contribution in [2.45, 2.75) is 6.42 Å². The molecule has 2 N–H and O–H groups in total. The smallest absolute Gasteiger partial charge is 0.413 e. The van der Waals surface area contributed by atoms with Crippen LogP contribution in [0.2, 0.25) is 0 Å². The molecule has 0 unspecified atom stereocenters. The summed E-state index contributed by atoms with van der Waals surface area (Å²) in [5.74, 6) is -0.350. The molecule has 104 valence electrons. The second-order valence-electron chi connectivity index (χ2n) is 4.23. The Kier molecular flexibility index (Phi) is 6.63. The van der Waals surface area contributed by atoms with Crippen LogP contribution in [0, 0.1) is 0 Å². The Morgan fingerprint density at radius 2 is 1.89 bits per heavy atom. The van der Waals surface area contributed by atoms with Gasteiger partial charge < -0.3 is 9.84 Å². The predicted octanol–water partition coefficient (Wildman–Crippen LogP) is -1.13. The van der Waals surface area contributed by atoms with E-state index in [1.54, 1.807) is 0 Å². The highest BCUT2D eigenvalue weighted by Gasteiger charge is 2.17. The van der Waals surface area contributed by atoms with Crippen molar-refractivity contribution < 1.29 is 19.4 Å². The van der Waals surface area contributed by atoms with Crippen LogP contribution in [-0.2, 0) is 9.53 Å².